The molecule has 1 aromatic heterocycles. The standard InChI is InChI=1S/C6H10ClN3O2S/c1-6(12,3-11)2-8-5-4(7)9-13-10-5/h11-12H,2-3H2,1H3,(H,8,10). The van der Waals surface area contributed by atoms with Gasteiger partial charge < -0.3 is 15.5 Å². The van der Waals surface area contributed by atoms with Crippen LogP contribution in [-0.2, 0) is 0 Å². The van der Waals surface area contributed by atoms with Crippen LogP contribution in [0.1, 0.15) is 6.92 Å². The first-order chi connectivity index (χ1) is 6.05. The third-order valence-electron chi connectivity index (χ3n) is 1.43. The summed E-state index contributed by atoms with van der Waals surface area (Å²) in [5.41, 5.74) is -1.17. The fourth-order valence-electron chi connectivity index (χ4n) is 0.613. The molecule has 7 heteroatoms. The van der Waals surface area contributed by atoms with Gasteiger partial charge in [0.1, 0.15) is 5.60 Å². The van der Waals surface area contributed by atoms with Crippen molar-refractivity contribution in [1.82, 2.24) is 8.75 Å². The van der Waals surface area contributed by atoms with Crippen LogP contribution in [0.5, 0.6) is 0 Å². The molecule has 1 atom stereocenters. The number of aromatic nitrogens is 2. The minimum atomic E-state index is -1.17. The van der Waals surface area contributed by atoms with E-state index in [9.17, 15) is 5.11 Å². The second-order valence-electron chi connectivity index (χ2n) is 2.91. The summed E-state index contributed by atoms with van der Waals surface area (Å²) in [6.07, 6.45) is 0. The Kier molecular flexibility index (Phi) is 3.43. The first-order valence-corrected chi connectivity index (χ1v) is 4.71. The Morgan fingerprint density at radius 3 is 2.77 bits per heavy atom. The number of aliphatic hydroxyl groups is 2. The lowest BCUT2D eigenvalue weighted by Crippen LogP contribution is -2.37. The summed E-state index contributed by atoms with van der Waals surface area (Å²) in [7, 11) is 0. The van der Waals surface area contributed by atoms with Crippen molar-refractivity contribution in [3.8, 4) is 0 Å². The zero-order valence-electron chi connectivity index (χ0n) is 6.99. The van der Waals surface area contributed by atoms with Crippen LogP contribution < -0.4 is 5.32 Å². The molecule has 0 bridgehead atoms. The van der Waals surface area contributed by atoms with Crippen LogP contribution in [0.4, 0.5) is 5.82 Å². The van der Waals surface area contributed by atoms with Gasteiger partial charge in [-0.05, 0) is 6.92 Å². The van der Waals surface area contributed by atoms with Crippen molar-refractivity contribution in [2.75, 3.05) is 18.5 Å². The van der Waals surface area contributed by atoms with Gasteiger partial charge in [-0.3, -0.25) is 0 Å². The Morgan fingerprint density at radius 1 is 1.62 bits per heavy atom. The second kappa shape index (κ2) is 4.19. The van der Waals surface area contributed by atoms with Crippen molar-refractivity contribution in [3.05, 3.63) is 5.15 Å². The maximum absolute atomic E-state index is 9.41. The fraction of sp³-hybridized carbons (Fsp3) is 0.667. The van der Waals surface area contributed by atoms with Crippen molar-refractivity contribution in [3.63, 3.8) is 0 Å². The Labute approximate surface area is 84.7 Å². The SMILES string of the molecule is CC(O)(CO)CNc1nsnc1Cl. The number of nitrogens with zero attached hydrogens (tertiary/aromatic N) is 2. The molecule has 13 heavy (non-hydrogen) atoms. The predicted octanol–water partition coefficient (Wildman–Crippen LogP) is 0.347. The molecule has 5 nitrogen and oxygen atoms in total. The van der Waals surface area contributed by atoms with E-state index in [1.165, 1.54) is 6.92 Å². The number of halogens is 1. The van der Waals surface area contributed by atoms with Crippen LogP contribution in [0.25, 0.3) is 0 Å². The van der Waals surface area contributed by atoms with Crippen LogP contribution in [0.15, 0.2) is 0 Å². The van der Waals surface area contributed by atoms with Gasteiger partial charge in [0.2, 0.25) is 0 Å². The summed E-state index contributed by atoms with van der Waals surface area (Å²) >= 11 is 6.63. The summed E-state index contributed by atoms with van der Waals surface area (Å²) < 4.78 is 7.58. The highest BCUT2D eigenvalue weighted by Gasteiger charge is 2.19. The van der Waals surface area contributed by atoms with Crippen molar-refractivity contribution in [2.24, 2.45) is 0 Å². The first kappa shape index (κ1) is 10.6. The fourth-order valence-corrected chi connectivity index (χ4v) is 1.30. The number of aliphatic hydroxyl groups excluding tert-OH is 1. The molecule has 0 saturated heterocycles. The Bertz CT molecular complexity index is 279. The number of nitrogens with one attached hydrogen (secondary N) is 1. The summed E-state index contributed by atoms with van der Waals surface area (Å²) in [5.74, 6) is 0.431. The first-order valence-electron chi connectivity index (χ1n) is 3.60. The molecule has 0 radical (unpaired) electrons. The normalized spacial score (nSPS) is 15.4. The molecule has 74 valence electrons. The van der Waals surface area contributed by atoms with Crippen LogP contribution in [0, 0.1) is 0 Å². The smallest absolute Gasteiger partial charge is 0.186 e. The van der Waals surface area contributed by atoms with Gasteiger partial charge in [-0.2, -0.15) is 8.75 Å². The quantitative estimate of drug-likeness (QED) is 0.687. The molecule has 0 aliphatic heterocycles. The number of hydrogen-bond donors (Lipinski definition) is 3. The molecule has 3 N–H and O–H groups in total. The van der Waals surface area contributed by atoms with Crippen LogP contribution in [-0.4, -0.2) is 37.7 Å². The van der Waals surface area contributed by atoms with Gasteiger partial charge in [0.05, 0.1) is 18.3 Å². The highest BCUT2D eigenvalue weighted by molar-refractivity contribution is 6.99. The summed E-state index contributed by atoms with van der Waals surface area (Å²) in [6, 6.07) is 0. The van der Waals surface area contributed by atoms with Crippen molar-refractivity contribution < 1.29 is 10.2 Å². The van der Waals surface area contributed by atoms with E-state index in [1.54, 1.807) is 0 Å². The van der Waals surface area contributed by atoms with E-state index < -0.39 is 5.60 Å². The zero-order valence-corrected chi connectivity index (χ0v) is 8.56. The van der Waals surface area contributed by atoms with Crippen LogP contribution in [0.3, 0.4) is 0 Å². The minimum Gasteiger partial charge on any atom is -0.393 e. The van der Waals surface area contributed by atoms with Crippen molar-refractivity contribution in [2.45, 2.75) is 12.5 Å². The Balaban J connectivity index is 2.48. The third kappa shape index (κ3) is 3.07. The van der Waals surface area contributed by atoms with E-state index >= 15 is 0 Å². The molecule has 0 spiro atoms. The van der Waals surface area contributed by atoms with Gasteiger partial charge in [-0.1, -0.05) is 11.6 Å². The van der Waals surface area contributed by atoms with Crippen molar-refractivity contribution >= 4 is 29.1 Å². The molecule has 0 aliphatic rings. The molecule has 1 heterocycles. The number of rotatable bonds is 4. The molecule has 0 aromatic carbocycles. The monoisotopic (exact) mass is 223 g/mol. The van der Waals surface area contributed by atoms with Gasteiger partial charge >= 0.3 is 0 Å². The van der Waals surface area contributed by atoms with E-state index in [4.69, 9.17) is 16.7 Å². The average Bonchev–Trinajstić information content (AvgIpc) is 2.48. The maximum atomic E-state index is 9.41. The van der Waals surface area contributed by atoms with E-state index in [1.807, 2.05) is 0 Å². The highest BCUT2D eigenvalue weighted by Crippen LogP contribution is 2.18. The van der Waals surface area contributed by atoms with Crippen molar-refractivity contribution in [1.29, 1.82) is 0 Å². The molecule has 0 fully saturated rings. The predicted molar refractivity (Wildman–Crippen MR) is 51.1 cm³/mol. The lowest BCUT2D eigenvalue weighted by atomic mass is 10.1. The van der Waals surface area contributed by atoms with Gasteiger partial charge in [-0.15, -0.1) is 0 Å². The summed E-state index contributed by atoms with van der Waals surface area (Å²) in [6.45, 7) is 1.36. The summed E-state index contributed by atoms with van der Waals surface area (Å²) in [5, 5.41) is 21.2. The van der Waals surface area contributed by atoms with Gasteiger partial charge in [0.25, 0.3) is 0 Å². The molecule has 1 unspecified atom stereocenters. The molecular weight excluding hydrogens is 214 g/mol. The van der Waals surface area contributed by atoms with E-state index in [0.717, 1.165) is 11.7 Å². The Morgan fingerprint density at radius 2 is 2.31 bits per heavy atom. The van der Waals surface area contributed by atoms with Crippen LogP contribution in [0.2, 0.25) is 5.15 Å². The second-order valence-corrected chi connectivity index (χ2v) is 3.80. The summed E-state index contributed by atoms with van der Waals surface area (Å²) in [4.78, 5) is 0. The van der Waals surface area contributed by atoms with E-state index in [-0.39, 0.29) is 18.3 Å². The lowest BCUT2D eigenvalue weighted by Gasteiger charge is -2.20. The van der Waals surface area contributed by atoms with Gasteiger partial charge in [0, 0.05) is 6.54 Å². The largest absolute Gasteiger partial charge is 0.393 e. The number of hydrogen-bond acceptors (Lipinski definition) is 6. The molecule has 0 amide bonds. The van der Waals surface area contributed by atoms with Gasteiger partial charge in [0.15, 0.2) is 11.0 Å². The Hall–Kier alpha value is -0.430. The van der Waals surface area contributed by atoms with E-state index in [2.05, 4.69) is 14.1 Å². The molecule has 1 rings (SSSR count). The maximum Gasteiger partial charge on any atom is 0.186 e. The minimum absolute atomic E-state index is 0.175. The third-order valence-corrected chi connectivity index (χ3v) is 2.32. The van der Waals surface area contributed by atoms with Crippen LogP contribution >= 0.6 is 23.3 Å². The highest BCUT2D eigenvalue weighted by atomic mass is 35.5. The molecule has 1 aromatic rings. The van der Waals surface area contributed by atoms with E-state index in [0.29, 0.717) is 5.82 Å². The molecule has 0 saturated carbocycles. The molecular formula is C6H10ClN3O2S. The number of anilines is 1. The van der Waals surface area contributed by atoms with Gasteiger partial charge in [-0.25, -0.2) is 0 Å². The average molecular weight is 224 g/mol. The molecule has 0 aliphatic carbocycles. The topological polar surface area (TPSA) is 78.3 Å². The lowest BCUT2D eigenvalue weighted by molar-refractivity contribution is 0.0132. The zero-order chi connectivity index (χ0) is 9.90.